The molecule has 1 aromatic rings. The average Bonchev–Trinajstić information content (AvgIpc) is 3.18. The molecule has 3 N–H and O–H groups in total. The van der Waals surface area contributed by atoms with Crippen LogP contribution in [-0.4, -0.2) is 36.3 Å². The molecule has 1 heterocycles. The fourth-order valence-corrected chi connectivity index (χ4v) is 4.35. The molecule has 0 bridgehead atoms. The van der Waals surface area contributed by atoms with Crippen molar-refractivity contribution in [2.45, 2.75) is 51.4 Å². The third-order valence-corrected chi connectivity index (χ3v) is 6.00. The molecule has 1 aliphatic carbocycles. The standard InChI is InChI=1S/C20H28ClN3O2/c21-15-6-7-17(16(12-15)19(26)24-10-4-5-11-24)23-18(25)13-20(14-22)8-2-1-3-9-20/h6-7,12H,1-5,8-11,13-14,22H2,(H,23,25). The van der Waals surface area contributed by atoms with E-state index in [0.29, 0.717) is 29.2 Å². The van der Waals surface area contributed by atoms with Crippen molar-refractivity contribution in [3.8, 4) is 0 Å². The summed E-state index contributed by atoms with van der Waals surface area (Å²) in [5.74, 6) is -0.137. The maximum Gasteiger partial charge on any atom is 0.256 e. The summed E-state index contributed by atoms with van der Waals surface area (Å²) in [4.78, 5) is 27.3. The zero-order valence-corrected chi connectivity index (χ0v) is 16.0. The lowest BCUT2D eigenvalue weighted by Crippen LogP contribution is -2.36. The molecule has 0 unspecified atom stereocenters. The molecular formula is C20H28ClN3O2. The van der Waals surface area contributed by atoms with Crippen LogP contribution in [0, 0.1) is 5.41 Å². The zero-order valence-electron chi connectivity index (χ0n) is 15.2. The Morgan fingerprint density at radius 3 is 2.46 bits per heavy atom. The number of anilines is 1. The first-order valence-corrected chi connectivity index (χ1v) is 10.00. The fraction of sp³-hybridized carbons (Fsp3) is 0.600. The number of likely N-dealkylation sites (tertiary alicyclic amines) is 1. The second kappa shape index (κ2) is 8.40. The van der Waals surface area contributed by atoms with Gasteiger partial charge in [0.15, 0.2) is 0 Å². The minimum atomic E-state index is -0.103. The van der Waals surface area contributed by atoms with Gasteiger partial charge in [-0.05, 0) is 55.8 Å². The number of carbonyl (C=O) groups is 2. The van der Waals surface area contributed by atoms with Gasteiger partial charge in [-0.2, -0.15) is 0 Å². The van der Waals surface area contributed by atoms with Crippen LogP contribution in [0.1, 0.15) is 61.7 Å². The summed E-state index contributed by atoms with van der Waals surface area (Å²) in [6.07, 6.45) is 7.92. The molecule has 2 amide bonds. The van der Waals surface area contributed by atoms with Gasteiger partial charge in [0.2, 0.25) is 5.91 Å². The van der Waals surface area contributed by atoms with E-state index in [0.717, 1.165) is 51.6 Å². The van der Waals surface area contributed by atoms with Crippen LogP contribution in [0.5, 0.6) is 0 Å². The molecule has 0 spiro atoms. The van der Waals surface area contributed by atoms with Crippen LogP contribution in [0.25, 0.3) is 0 Å². The number of hydrogen-bond acceptors (Lipinski definition) is 3. The van der Waals surface area contributed by atoms with Gasteiger partial charge in [-0.3, -0.25) is 9.59 Å². The molecule has 5 nitrogen and oxygen atoms in total. The molecule has 26 heavy (non-hydrogen) atoms. The highest BCUT2D eigenvalue weighted by Gasteiger charge is 2.33. The molecule has 6 heteroatoms. The van der Waals surface area contributed by atoms with Gasteiger partial charge < -0.3 is 16.0 Å². The molecular weight excluding hydrogens is 350 g/mol. The Balaban J connectivity index is 1.74. The molecule has 142 valence electrons. The molecule has 2 fully saturated rings. The minimum absolute atomic E-state index is 0.0634. The van der Waals surface area contributed by atoms with Gasteiger partial charge in [0, 0.05) is 24.5 Å². The van der Waals surface area contributed by atoms with Gasteiger partial charge in [-0.25, -0.2) is 0 Å². The van der Waals surface area contributed by atoms with Crippen LogP contribution in [0.3, 0.4) is 0 Å². The van der Waals surface area contributed by atoms with E-state index in [4.69, 9.17) is 17.3 Å². The summed E-state index contributed by atoms with van der Waals surface area (Å²) in [6, 6.07) is 5.08. The maximum absolute atomic E-state index is 12.8. The summed E-state index contributed by atoms with van der Waals surface area (Å²) >= 11 is 6.10. The largest absolute Gasteiger partial charge is 0.339 e. The van der Waals surface area contributed by atoms with Gasteiger partial charge in [0.05, 0.1) is 11.3 Å². The van der Waals surface area contributed by atoms with Crippen LogP contribution in [0.4, 0.5) is 5.69 Å². The molecule has 1 saturated carbocycles. The second-order valence-corrected chi connectivity index (χ2v) is 8.12. The minimum Gasteiger partial charge on any atom is -0.339 e. The monoisotopic (exact) mass is 377 g/mol. The topological polar surface area (TPSA) is 75.4 Å². The van der Waals surface area contributed by atoms with Gasteiger partial charge in [0.25, 0.3) is 5.91 Å². The van der Waals surface area contributed by atoms with Crippen molar-refractivity contribution in [1.82, 2.24) is 4.90 Å². The Hall–Kier alpha value is -1.59. The van der Waals surface area contributed by atoms with Crippen molar-refractivity contribution in [3.63, 3.8) is 0 Å². The van der Waals surface area contributed by atoms with Crippen molar-refractivity contribution in [3.05, 3.63) is 28.8 Å². The van der Waals surface area contributed by atoms with E-state index in [1.807, 2.05) is 4.90 Å². The van der Waals surface area contributed by atoms with Crippen molar-refractivity contribution in [1.29, 1.82) is 0 Å². The second-order valence-electron chi connectivity index (χ2n) is 7.68. The van der Waals surface area contributed by atoms with E-state index < -0.39 is 0 Å². The Labute approximate surface area is 160 Å². The number of hydrogen-bond donors (Lipinski definition) is 2. The van der Waals surface area contributed by atoms with Gasteiger partial charge >= 0.3 is 0 Å². The molecule has 0 atom stereocenters. The summed E-state index contributed by atoms with van der Waals surface area (Å²) < 4.78 is 0. The number of amides is 2. The van der Waals surface area contributed by atoms with Crippen molar-refractivity contribution < 1.29 is 9.59 Å². The lowest BCUT2D eigenvalue weighted by Gasteiger charge is -2.35. The first kappa shape index (κ1) is 19.2. The molecule has 1 saturated heterocycles. The smallest absolute Gasteiger partial charge is 0.256 e. The van der Waals surface area contributed by atoms with E-state index in [2.05, 4.69) is 5.32 Å². The predicted molar refractivity (Wildman–Crippen MR) is 104 cm³/mol. The lowest BCUT2D eigenvalue weighted by molar-refractivity contribution is -0.118. The molecule has 0 radical (unpaired) electrons. The number of carbonyl (C=O) groups excluding carboxylic acids is 2. The Bertz CT molecular complexity index is 665. The number of rotatable bonds is 5. The van der Waals surface area contributed by atoms with Crippen LogP contribution in [-0.2, 0) is 4.79 Å². The zero-order chi connectivity index (χ0) is 18.6. The molecule has 0 aromatic heterocycles. The molecule has 1 aromatic carbocycles. The van der Waals surface area contributed by atoms with E-state index in [9.17, 15) is 9.59 Å². The number of halogens is 1. The predicted octanol–water partition coefficient (Wildman–Crippen LogP) is 3.81. The van der Waals surface area contributed by atoms with Crippen LogP contribution >= 0.6 is 11.6 Å². The molecule has 2 aliphatic rings. The summed E-state index contributed by atoms with van der Waals surface area (Å²) in [5, 5.41) is 3.44. The van der Waals surface area contributed by atoms with E-state index in [1.165, 1.54) is 6.42 Å². The Morgan fingerprint density at radius 2 is 1.81 bits per heavy atom. The SMILES string of the molecule is NCC1(CC(=O)Nc2ccc(Cl)cc2C(=O)N2CCCC2)CCCCC1. The van der Waals surface area contributed by atoms with Crippen LogP contribution in [0.2, 0.25) is 5.02 Å². The van der Waals surface area contributed by atoms with E-state index in [-0.39, 0.29) is 17.2 Å². The molecule has 3 rings (SSSR count). The number of benzene rings is 1. The highest BCUT2D eigenvalue weighted by atomic mass is 35.5. The quantitative estimate of drug-likeness (QED) is 0.819. The average molecular weight is 378 g/mol. The Morgan fingerprint density at radius 1 is 1.12 bits per heavy atom. The summed E-state index contributed by atoms with van der Waals surface area (Å²) in [7, 11) is 0. The van der Waals surface area contributed by atoms with E-state index in [1.54, 1.807) is 18.2 Å². The van der Waals surface area contributed by atoms with Gasteiger partial charge in [0.1, 0.15) is 0 Å². The van der Waals surface area contributed by atoms with E-state index >= 15 is 0 Å². The molecule has 1 aliphatic heterocycles. The lowest BCUT2D eigenvalue weighted by atomic mass is 9.71. The van der Waals surface area contributed by atoms with Crippen molar-refractivity contribution in [2.24, 2.45) is 11.1 Å². The summed E-state index contributed by atoms with van der Waals surface area (Å²) in [6.45, 7) is 2.05. The number of nitrogens with two attached hydrogens (primary N) is 1. The van der Waals surface area contributed by atoms with Crippen molar-refractivity contribution >= 4 is 29.1 Å². The van der Waals surface area contributed by atoms with Gasteiger partial charge in [-0.1, -0.05) is 30.9 Å². The summed E-state index contributed by atoms with van der Waals surface area (Å²) in [5.41, 5.74) is 6.91. The Kier molecular flexibility index (Phi) is 6.20. The van der Waals surface area contributed by atoms with Crippen LogP contribution < -0.4 is 11.1 Å². The van der Waals surface area contributed by atoms with Crippen LogP contribution in [0.15, 0.2) is 18.2 Å². The third-order valence-electron chi connectivity index (χ3n) is 5.76. The first-order chi connectivity index (χ1) is 12.5. The number of nitrogens with zero attached hydrogens (tertiary/aromatic N) is 1. The first-order valence-electron chi connectivity index (χ1n) is 9.62. The van der Waals surface area contributed by atoms with Gasteiger partial charge in [-0.15, -0.1) is 0 Å². The highest BCUT2D eigenvalue weighted by molar-refractivity contribution is 6.31. The fourth-order valence-electron chi connectivity index (χ4n) is 4.18. The third kappa shape index (κ3) is 4.38. The maximum atomic E-state index is 12.8. The van der Waals surface area contributed by atoms with Crippen molar-refractivity contribution in [2.75, 3.05) is 25.0 Å². The normalized spacial score (nSPS) is 19.4. The highest BCUT2D eigenvalue weighted by Crippen LogP contribution is 2.38. The number of nitrogens with one attached hydrogen (secondary N) is 1.